The molecule has 0 saturated heterocycles. The number of H-pyrrole nitrogens is 1. The van der Waals surface area contributed by atoms with Crippen LogP contribution in [0.25, 0.3) is 0 Å². The van der Waals surface area contributed by atoms with E-state index >= 15 is 0 Å². The van der Waals surface area contributed by atoms with Crippen LogP contribution in [0.3, 0.4) is 0 Å². The summed E-state index contributed by atoms with van der Waals surface area (Å²) in [6.07, 6.45) is 1.56. The van der Waals surface area contributed by atoms with Gasteiger partial charge in [0.25, 0.3) is 0 Å². The highest BCUT2D eigenvalue weighted by atomic mass is 16.5. The fourth-order valence-corrected chi connectivity index (χ4v) is 2.17. The van der Waals surface area contributed by atoms with E-state index in [4.69, 9.17) is 9.84 Å². The lowest BCUT2D eigenvalue weighted by atomic mass is 10.1. The number of aromatic amines is 1. The lowest BCUT2D eigenvalue weighted by molar-refractivity contribution is 0.0598. The van der Waals surface area contributed by atoms with Crippen LogP contribution >= 0.6 is 0 Å². The summed E-state index contributed by atoms with van der Waals surface area (Å²) in [5.74, 6) is -1.37. The number of rotatable bonds is 5. The van der Waals surface area contributed by atoms with Gasteiger partial charge in [0.15, 0.2) is 0 Å². The maximum atomic E-state index is 11.7. The Hall–Kier alpha value is -3.09. The Morgan fingerprint density at radius 3 is 2.48 bits per heavy atom. The number of hydrogen-bond donors (Lipinski definition) is 3. The van der Waals surface area contributed by atoms with Gasteiger partial charge in [-0.1, -0.05) is 0 Å². The highest BCUT2D eigenvalue weighted by Crippen LogP contribution is 2.17. The Bertz CT molecular complexity index is 760. The third-order valence-corrected chi connectivity index (χ3v) is 3.38. The molecule has 3 N–H and O–H groups in total. The average Bonchev–Trinajstić information content (AvgIpc) is 2.81. The summed E-state index contributed by atoms with van der Waals surface area (Å²) in [5, 5.41) is 12.9. The molecular weight excluding hydrogens is 298 g/mol. The van der Waals surface area contributed by atoms with Crippen LogP contribution in [-0.4, -0.2) is 35.4 Å². The molecular formula is C16H17N3O4. The predicted molar refractivity (Wildman–Crippen MR) is 86.2 cm³/mol. The third kappa shape index (κ3) is 3.57. The number of anilines is 1. The number of ether oxygens (including phenoxy) is 1. The van der Waals surface area contributed by atoms with Crippen LogP contribution in [0.1, 0.15) is 37.7 Å². The third-order valence-electron chi connectivity index (χ3n) is 3.38. The molecule has 7 nitrogen and oxygen atoms in total. The number of aryl methyl sites for hydroxylation is 1. The van der Waals surface area contributed by atoms with Crippen molar-refractivity contribution in [2.75, 3.05) is 12.5 Å². The van der Waals surface area contributed by atoms with E-state index in [9.17, 15) is 9.59 Å². The molecule has 0 atom stereocenters. The van der Waals surface area contributed by atoms with Gasteiger partial charge in [0.1, 0.15) is 0 Å². The number of carboxylic acid groups (broad SMARTS) is 1. The zero-order valence-electron chi connectivity index (χ0n) is 13.0. The SMILES string of the molecule is COC(=O)c1c(C)[nH]c(/C=N\Nc2ccc(C(=O)O)cc2)c1C. The number of hydrogen-bond acceptors (Lipinski definition) is 5. The molecule has 0 aliphatic heterocycles. The van der Waals surface area contributed by atoms with Crippen molar-refractivity contribution in [3.05, 3.63) is 52.3 Å². The van der Waals surface area contributed by atoms with Crippen LogP contribution in [0, 0.1) is 13.8 Å². The summed E-state index contributed by atoms with van der Waals surface area (Å²) in [6.45, 7) is 3.59. The van der Waals surface area contributed by atoms with Crippen LogP contribution < -0.4 is 5.43 Å². The zero-order chi connectivity index (χ0) is 17.0. The van der Waals surface area contributed by atoms with E-state index < -0.39 is 11.9 Å². The Morgan fingerprint density at radius 2 is 1.91 bits per heavy atom. The first-order chi connectivity index (χ1) is 10.9. The minimum atomic E-state index is -0.979. The maximum Gasteiger partial charge on any atom is 0.339 e. The number of carbonyl (C=O) groups excluding carboxylic acids is 1. The van der Waals surface area contributed by atoms with Crippen LogP contribution in [-0.2, 0) is 4.74 Å². The molecule has 1 aromatic carbocycles. The quantitative estimate of drug-likeness (QED) is 0.447. The second-order valence-corrected chi connectivity index (χ2v) is 4.91. The van der Waals surface area contributed by atoms with Crippen molar-refractivity contribution in [1.29, 1.82) is 0 Å². The van der Waals surface area contributed by atoms with E-state index in [2.05, 4.69) is 15.5 Å². The Morgan fingerprint density at radius 1 is 1.26 bits per heavy atom. The van der Waals surface area contributed by atoms with E-state index in [0.717, 1.165) is 5.56 Å². The van der Waals surface area contributed by atoms with Crippen molar-refractivity contribution in [2.45, 2.75) is 13.8 Å². The molecule has 1 heterocycles. The molecule has 0 aliphatic carbocycles. The summed E-state index contributed by atoms with van der Waals surface area (Å²) >= 11 is 0. The van der Waals surface area contributed by atoms with Gasteiger partial charge in [-0.25, -0.2) is 9.59 Å². The number of methoxy groups -OCH3 is 1. The van der Waals surface area contributed by atoms with Crippen molar-refractivity contribution in [3.8, 4) is 0 Å². The van der Waals surface area contributed by atoms with Crippen molar-refractivity contribution < 1.29 is 19.4 Å². The van der Waals surface area contributed by atoms with E-state index in [1.54, 1.807) is 32.2 Å². The number of nitrogens with zero attached hydrogens (tertiary/aromatic N) is 1. The van der Waals surface area contributed by atoms with Crippen molar-refractivity contribution in [1.82, 2.24) is 4.98 Å². The highest BCUT2D eigenvalue weighted by molar-refractivity contribution is 5.96. The summed E-state index contributed by atoms with van der Waals surface area (Å²) < 4.78 is 4.75. The van der Waals surface area contributed by atoms with Gasteiger partial charge in [0.2, 0.25) is 0 Å². The summed E-state index contributed by atoms with van der Waals surface area (Å²) in [6, 6.07) is 6.21. The second kappa shape index (κ2) is 6.78. The van der Waals surface area contributed by atoms with Gasteiger partial charge in [0.05, 0.1) is 35.8 Å². The molecule has 23 heavy (non-hydrogen) atoms. The summed E-state index contributed by atoms with van der Waals surface area (Å²) in [4.78, 5) is 25.5. The number of benzene rings is 1. The molecule has 1 aromatic heterocycles. The monoisotopic (exact) mass is 315 g/mol. The van der Waals surface area contributed by atoms with Crippen molar-refractivity contribution >= 4 is 23.8 Å². The zero-order valence-corrected chi connectivity index (χ0v) is 13.0. The lowest BCUT2D eigenvalue weighted by Gasteiger charge is -2.01. The highest BCUT2D eigenvalue weighted by Gasteiger charge is 2.17. The molecule has 0 fully saturated rings. The van der Waals surface area contributed by atoms with Gasteiger partial charge < -0.3 is 14.8 Å². The number of aromatic carboxylic acids is 1. The maximum absolute atomic E-state index is 11.7. The molecule has 0 spiro atoms. The number of esters is 1. The van der Waals surface area contributed by atoms with E-state index in [-0.39, 0.29) is 5.56 Å². The molecule has 0 saturated carbocycles. The fraction of sp³-hybridized carbons (Fsp3) is 0.188. The minimum absolute atomic E-state index is 0.207. The largest absolute Gasteiger partial charge is 0.478 e. The lowest BCUT2D eigenvalue weighted by Crippen LogP contribution is -2.03. The molecule has 2 aromatic rings. The standard InChI is InChI=1S/C16H17N3O4/c1-9-13(18-10(2)14(9)16(22)23-3)8-17-19-12-6-4-11(5-7-12)15(20)21/h4-8,18-19H,1-3H3,(H,20,21)/b17-8-. The van der Waals surface area contributed by atoms with Gasteiger partial charge in [0, 0.05) is 5.69 Å². The topological polar surface area (TPSA) is 104 Å². The summed E-state index contributed by atoms with van der Waals surface area (Å²) in [7, 11) is 1.34. The summed E-state index contributed by atoms with van der Waals surface area (Å²) in [5.41, 5.74) is 6.31. The minimum Gasteiger partial charge on any atom is -0.478 e. The predicted octanol–water partition coefficient (Wildman–Crippen LogP) is 2.56. The van der Waals surface area contributed by atoms with Crippen LogP contribution in [0.2, 0.25) is 0 Å². The molecule has 0 radical (unpaired) electrons. The molecule has 120 valence electrons. The normalized spacial score (nSPS) is 10.7. The van der Waals surface area contributed by atoms with Gasteiger partial charge in [-0.3, -0.25) is 5.43 Å². The molecule has 2 rings (SSSR count). The Kier molecular flexibility index (Phi) is 4.80. The van der Waals surface area contributed by atoms with Gasteiger partial charge in [-0.05, 0) is 43.7 Å². The number of aromatic nitrogens is 1. The fourth-order valence-electron chi connectivity index (χ4n) is 2.17. The van der Waals surface area contributed by atoms with E-state index in [1.165, 1.54) is 19.2 Å². The molecule has 7 heteroatoms. The number of nitrogens with one attached hydrogen (secondary N) is 2. The van der Waals surface area contributed by atoms with Crippen LogP contribution in [0.15, 0.2) is 29.4 Å². The number of carboxylic acids is 1. The van der Waals surface area contributed by atoms with Gasteiger partial charge >= 0.3 is 11.9 Å². The first-order valence-electron chi connectivity index (χ1n) is 6.84. The molecule has 0 bridgehead atoms. The van der Waals surface area contributed by atoms with Gasteiger partial charge in [-0.15, -0.1) is 0 Å². The van der Waals surface area contributed by atoms with Crippen LogP contribution in [0.4, 0.5) is 5.69 Å². The Balaban J connectivity index is 2.12. The molecule has 0 unspecified atom stereocenters. The Labute approximate surface area is 133 Å². The number of carbonyl (C=O) groups is 2. The average molecular weight is 315 g/mol. The second-order valence-electron chi connectivity index (χ2n) is 4.91. The first-order valence-corrected chi connectivity index (χ1v) is 6.84. The smallest absolute Gasteiger partial charge is 0.339 e. The van der Waals surface area contributed by atoms with Crippen LogP contribution in [0.5, 0.6) is 0 Å². The number of hydrazone groups is 1. The van der Waals surface area contributed by atoms with E-state index in [1.807, 2.05) is 0 Å². The first kappa shape index (κ1) is 16.3. The molecule has 0 amide bonds. The molecule has 0 aliphatic rings. The van der Waals surface area contributed by atoms with Crippen molar-refractivity contribution in [3.63, 3.8) is 0 Å². The van der Waals surface area contributed by atoms with Crippen molar-refractivity contribution in [2.24, 2.45) is 5.10 Å². The van der Waals surface area contributed by atoms with E-state index in [0.29, 0.717) is 22.6 Å². The van der Waals surface area contributed by atoms with Gasteiger partial charge in [-0.2, -0.15) is 5.10 Å².